The molecule has 1 fully saturated rings. The van der Waals surface area contributed by atoms with Gasteiger partial charge in [-0.25, -0.2) is 4.98 Å². The Morgan fingerprint density at radius 3 is 2.79 bits per heavy atom. The van der Waals surface area contributed by atoms with Crippen LogP contribution in [-0.2, 0) is 0 Å². The second-order valence-electron chi connectivity index (χ2n) is 5.78. The number of amides is 1. The Morgan fingerprint density at radius 1 is 1.42 bits per heavy atom. The fraction of sp³-hybridized carbons (Fsp3) is 0.235. The largest absolute Gasteiger partial charge is 0.495 e. The van der Waals surface area contributed by atoms with Crippen LogP contribution in [0.4, 0.5) is 0 Å². The average Bonchev–Trinajstić information content (AvgIpc) is 3.06. The number of carbonyl (C=O) groups is 1. The first-order valence-electron chi connectivity index (χ1n) is 7.63. The zero-order valence-corrected chi connectivity index (χ0v) is 13.9. The van der Waals surface area contributed by atoms with Crippen molar-refractivity contribution in [2.75, 3.05) is 7.11 Å². The molecule has 24 heavy (non-hydrogen) atoms. The van der Waals surface area contributed by atoms with E-state index in [9.17, 15) is 4.79 Å². The van der Waals surface area contributed by atoms with Crippen molar-refractivity contribution in [1.29, 1.82) is 0 Å². The van der Waals surface area contributed by atoms with E-state index in [1.165, 1.54) is 6.33 Å². The maximum atomic E-state index is 12.0. The van der Waals surface area contributed by atoms with Gasteiger partial charge in [0.05, 0.1) is 12.7 Å². The fourth-order valence-corrected chi connectivity index (χ4v) is 3.71. The SMILES string of the molecule is COc1c(C(N)=O)cc(C2CC2)c(-c2ncn[nH]2)c1-c1ccsc1. The molecule has 0 saturated heterocycles. The lowest BCUT2D eigenvalue weighted by Crippen LogP contribution is -2.14. The summed E-state index contributed by atoms with van der Waals surface area (Å²) in [6.07, 6.45) is 3.67. The number of nitrogens with zero attached hydrogens (tertiary/aromatic N) is 2. The van der Waals surface area contributed by atoms with Crippen LogP contribution in [0.15, 0.2) is 29.2 Å². The third-order valence-electron chi connectivity index (χ3n) is 4.26. The molecule has 2 aromatic heterocycles. The molecule has 0 aliphatic heterocycles. The molecular weight excluding hydrogens is 324 g/mol. The lowest BCUT2D eigenvalue weighted by atomic mass is 9.90. The van der Waals surface area contributed by atoms with Crippen LogP contribution >= 0.6 is 11.3 Å². The normalized spacial score (nSPS) is 13.9. The fourth-order valence-electron chi connectivity index (χ4n) is 3.06. The molecule has 0 radical (unpaired) electrons. The third kappa shape index (κ3) is 2.37. The van der Waals surface area contributed by atoms with Crippen LogP contribution in [0.5, 0.6) is 5.75 Å². The van der Waals surface area contributed by atoms with Gasteiger partial charge in [-0.1, -0.05) is 0 Å². The van der Waals surface area contributed by atoms with Crippen molar-refractivity contribution in [1.82, 2.24) is 15.2 Å². The molecule has 6 nitrogen and oxygen atoms in total. The van der Waals surface area contributed by atoms with Gasteiger partial charge in [0.15, 0.2) is 5.82 Å². The van der Waals surface area contributed by atoms with Crippen molar-refractivity contribution in [3.05, 3.63) is 40.3 Å². The molecule has 122 valence electrons. The van der Waals surface area contributed by atoms with Crippen molar-refractivity contribution in [2.24, 2.45) is 5.73 Å². The minimum absolute atomic E-state index is 0.406. The molecule has 3 aromatic rings. The van der Waals surface area contributed by atoms with Crippen LogP contribution in [0.25, 0.3) is 22.5 Å². The Hall–Kier alpha value is -2.67. The molecule has 0 unspecified atom stereocenters. The van der Waals surface area contributed by atoms with E-state index < -0.39 is 5.91 Å². The molecule has 0 atom stereocenters. The predicted molar refractivity (Wildman–Crippen MR) is 92.2 cm³/mol. The highest BCUT2D eigenvalue weighted by Gasteiger charge is 2.33. The number of hydrogen-bond donors (Lipinski definition) is 2. The van der Waals surface area contributed by atoms with Crippen LogP contribution in [0.3, 0.4) is 0 Å². The number of benzene rings is 1. The Bertz CT molecular complexity index is 884. The van der Waals surface area contributed by atoms with Crippen molar-refractivity contribution >= 4 is 17.2 Å². The van der Waals surface area contributed by atoms with Crippen molar-refractivity contribution in [2.45, 2.75) is 18.8 Å². The summed E-state index contributed by atoms with van der Waals surface area (Å²) in [5, 5.41) is 11.0. The van der Waals surface area contributed by atoms with Gasteiger partial charge in [0.25, 0.3) is 5.91 Å². The van der Waals surface area contributed by atoms with E-state index in [0.717, 1.165) is 35.1 Å². The van der Waals surface area contributed by atoms with E-state index in [0.29, 0.717) is 23.1 Å². The van der Waals surface area contributed by atoms with Crippen molar-refractivity contribution < 1.29 is 9.53 Å². The number of nitrogens with two attached hydrogens (primary N) is 1. The molecule has 1 amide bonds. The van der Waals surface area contributed by atoms with E-state index in [-0.39, 0.29) is 0 Å². The Morgan fingerprint density at radius 2 is 2.25 bits per heavy atom. The summed E-state index contributed by atoms with van der Waals surface area (Å²) >= 11 is 1.59. The van der Waals surface area contributed by atoms with Gasteiger partial charge in [-0.3, -0.25) is 9.89 Å². The summed E-state index contributed by atoms with van der Waals surface area (Å²) in [5.74, 6) is 1.07. The number of H-pyrrole nitrogens is 1. The van der Waals surface area contributed by atoms with Crippen molar-refractivity contribution in [3.63, 3.8) is 0 Å². The molecule has 1 aromatic carbocycles. The molecule has 1 aliphatic rings. The van der Waals surface area contributed by atoms with E-state index in [1.54, 1.807) is 18.4 Å². The number of hydrogen-bond acceptors (Lipinski definition) is 5. The molecular formula is C17H16N4O2S. The highest BCUT2D eigenvalue weighted by Crippen LogP contribution is 2.51. The second-order valence-corrected chi connectivity index (χ2v) is 6.56. The Balaban J connectivity index is 2.11. The molecule has 1 saturated carbocycles. The number of ether oxygens (including phenoxy) is 1. The lowest BCUT2D eigenvalue weighted by molar-refractivity contribution is 0.0997. The Labute approximate surface area is 142 Å². The van der Waals surface area contributed by atoms with Gasteiger partial charge >= 0.3 is 0 Å². The minimum atomic E-state index is -0.491. The second kappa shape index (κ2) is 5.76. The molecule has 3 N–H and O–H groups in total. The van der Waals surface area contributed by atoms with E-state index in [1.807, 2.05) is 22.9 Å². The average molecular weight is 340 g/mol. The number of aromatic amines is 1. The highest BCUT2D eigenvalue weighted by molar-refractivity contribution is 7.08. The van der Waals surface area contributed by atoms with Gasteiger partial charge in [-0.15, -0.1) is 0 Å². The number of thiophene rings is 1. The predicted octanol–water partition coefficient (Wildman–Crippen LogP) is 3.19. The van der Waals surface area contributed by atoms with E-state index in [2.05, 4.69) is 15.2 Å². The zero-order valence-electron chi connectivity index (χ0n) is 13.1. The smallest absolute Gasteiger partial charge is 0.252 e. The summed E-state index contributed by atoms with van der Waals surface area (Å²) in [7, 11) is 1.55. The molecule has 7 heteroatoms. The van der Waals surface area contributed by atoms with Crippen LogP contribution in [-0.4, -0.2) is 28.2 Å². The van der Waals surface area contributed by atoms with Crippen LogP contribution in [0, 0.1) is 0 Å². The maximum Gasteiger partial charge on any atom is 0.252 e. The van der Waals surface area contributed by atoms with E-state index in [4.69, 9.17) is 10.5 Å². The standard InChI is InChI=1S/C17H16N4O2S/c1-23-15-12(16(18)22)6-11(9-2-3-9)14(17-19-8-20-21-17)13(15)10-4-5-24-7-10/h4-9H,2-3H2,1H3,(H2,18,22)(H,19,20,21). The van der Waals surface area contributed by atoms with E-state index >= 15 is 0 Å². The maximum absolute atomic E-state index is 12.0. The molecule has 4 rings (SSSR count). The number of rotatable bonds is 5. The summed E-state index contributed by atoms with van der Waals surface area (Å²) in [4.78, 5) is 16.3. The molecule has 0 bridgehead atoms. The first-order chi connectivity index (χ1) is 11.7. The lowest BCUT2D eigenvalue weighted by Gasteiger charge is -2.19. The number of primary amides is 1. The summed E-state index contributed by atoms with van der Waals surface area (Å²) in [5.41, 5.74) is 9.86. The topological polar surface area (TPSA) is 93.9 Å². The van der Waals surface area contributed by atoms with Gasteiger partial charge in [0.1, 0.15) is 12.1 Å². The summed E-state index contributed by atoms with van der Waals surface area (Å²) < 4.78 is 5.60. The third-order valence-corrected chi connectivity index (χ3v) is 4.94. The van der Waals surface area contributed by atoms with Gasteiger partial charge in [0, 0.05) is 11.1 Å². The quantitative estimate of drug-likeness (QED) is 0.746. The molecule has 2 heterocycles. The Kier molecular flexibility index (Phi) is 3.57. The van der Waals surface area contributed by atoms with Crippen LogP contribution < -0.4 is 10.5 Å². The first kappa shape index (κ1) is 14.9. The van der Waals surface area contributed by atoms with Gasteiger partial charge in [-0.05, 0) is 52.8 Å². The van der Waals surface area contributed by atoms with Crippen LogP contribution in [0.1, 0.15) is 34.7 Å². The minimum Gasteiger partial charge on any atom is -0.495 e. The van der Waals surface area contributed by atoms with Gasteiger partial charge in [0.2, 0.25) is 0 Å². The monoisotopic (exact) mass is 340 g/mol. The highest BCUT2D eigenvalue weighted by atomic mass is 32.1. The number of aromatic nitrogens is 3. The first-order valence-corrected chi connectivity index (χ1v) is 8.58. The van der Waals surface area contributed by atoms with Gasteiger partial charge < -0.3 is 10.5 Å². The number of carbonyl (C=O) groups excluding carboxylic acids is 1. The molecule has 0 spiro atoms. The molecule has 1 aliphatic carbocycles. The number of nitrogens with one attached hydrogen (secondary N) is 1. The zero-order chi connectivity index (χ0) is 16.7. The van der Waals surface area contributed by atoms with Gasteiger partial charge in [-0.2, -0.15) is 16.4 Å². The summed E-state index contributed by atoms with van der Waals surface area (Å²) in [6, 6.07) is 3.86. The summed E-state index contributed by atoms with van der Waals surface area (Å²) in [6.45, 7) is 0. The number of methoxy groups -OCH3 is 1. The van der Waals surface area contributed by atoms with Crippen molar-refractivity contribution in [3.8, 4) is 28.3 Å². The van der Waals surface area contributed by atoms with Crippen LogP contribution in [0.2, 0.25) is 0 Å².